The second-order valence-electron chi connectivity index (χ2n) is 5.26. The first-order valence-electron chi connectivity index (χ1n) is 6.74. The molecule has 2 rings (SSSR count). The largest absolute Gasteiger partial charge is 0.493 e. The number of halogens is 3. The van der Waals surface area contributed by atoms with Gasteiger partial charge in [0.25, 0.3) is 0 Å². The van der Waals surface area contributed by atoms with E-state index in [9.17, 15) is 18.0 Å². The Morgan fingerprint density at radius 1 is 1.20 bits per heavy atom. The van der Waals surface area contributed by atoms with Crippen LogP contribution in [0.15, 0.2) is 24.3 Å². The number of carbonyl (C=O) groups is 1. The third-order valence-electron chi connectivity index (χ3n) is 3.79. The monoisotopic (exact) mass is 286 g/mol. The summed E-state index contributed by atoms with van der Waals surface area (Å²) in [7, 11) is 0. The van der Waals surface area contributed by atoms with Gasteiger partial charge in [0.1, 0.15) is 12.0 Å². The van der Waals surface area contributed by atoms with E-state index in [1.54, 1.807) is 24.3 Å². The van der Waals surface area contributed by atoms with Crippen LogP contribution in [-0.2, 0) is 0 Å². The minimum absolute atomic E-state index is 0.161. The Labute approximate surface area is 115 Å². The first-order valence-corrected chi connectivity index (χ1v) is 6.74. The van der Waals surface area contributed by atoms with Crippen molar-refractivity contribution in [3.8, 4) is 5.75 Å². The third-order valence-corrected chi connectivity index (χ3v) is 3.79. The van der Waals surface area contributed by atoms with E-state index < -0.39 is 12.1 Å². The normalized spacial score (nSPS) is 23.4. The first-order chi connectivity index (χ1) is 9.49. The quantitative estimate of drug-likeness (QED) is 0.774. The van der Waals surface area contributed by atoms with Crippen LogP contribution in [0.2, 0.25) is 0 Å². The molecule has 5 heteroatoms. The highest BCUT2D eigenvalue weighted by molar-refractivity contribution is 5.75. The molecule has 110 valence electrons. The molecule has 1 fully saturated rings. The first kappa shape index (κ1) is 14.9. The van der Waals surface area contributed by atoms with E-state index in [1.807, 2.05) is 0 Å². The van der Waals surface area contributed by atoms with Crippen LogP contribution >= 0.6 is 0 Å². The van der Waals surface area contributed by atoms with Gasteiger partial charge in [0, 0.05) is 5.56 Å². The molecular formula is C15H17F3O2. The number of aldehydes is 1. The molecule has 1 saturated carbocycles. The number of alkyl halides is 3. The Morgan fingerprint density at radius 2 is 1.90 bits per heavy atom. The molecule has 0 spiro atoms. The van der Waals surface area contributed by atoms with Gasteiger partial charge < -0.3 is 4.74 Å². The zero-order valence-electron chi connectivity index (χ0n) is 11.0. The second kappa shape index (κ2) is 6.29. The van der Waals surface area contributed by atoms with Crippen LogP contribution in [0, 0.1) is 11.8 Å². The lowest BCUT2D eigenvalue weighted by molar-refractivity contribution is -0.184. The Balaban J connectivity index is 1.80. The van der Waals surface area contributed by atoms with E-state index in [0.29, 0.717) is 30.8 Å². The van der Waals surface area contributed by atoms with Crippen molar-refractivity contribution < 1.29 is 22.7 Å². The summed E-state index contributed by atoms with van der Waals surface area (Å²) in [6.45, 7) is 0.410. The molecule has 0 radical (unpaired) electrons. The highest BCUT2D eigenvalue weighted by atomic mass is 19.4. The van der Waals surface area contributed by atoms with Gasteiger partial charge in [-0.2, -0.15) is 13.2 Å². The molecule has 0 heterocycles. The average Bonchev–Trinajstić information content (AvgIpc) is 2.45. The summed E-state index contributed by atoms with van der Waals surface area (Å²) in [6.07, 6.45) is -1.88. The van der Waals surface area contributed by atoms with Crippen molar-refractivity contribution in [3.05, 3.63) is 29.8 Å². The fourth-order valence-electron chi connectivity index (χ4n) is 2.55. The van der Waals surface area contributed by atoms with Crippen LogP contribution in [0.3, 0.4) is 0 Å². The average molecular weight is 286 g/mol. The van der Waals surface area contributed by atoms with Gasteiger partial charge in [-0.3, -0.25) is 4.79 Å². The van der Waals surface area contributed by atoms with Crippen molar-refractivity contribution in [2.45, 2.75) is 31.9 Å². The number of hydrogen-bond acceptors (Lipinski definition) is 2. The van der Waals surface area contributed by atoms with Gasteiger partial charge in [-0.1, -0.05) is 12.1 Å². The molecular weight excluding hydrogens is 269 g/mol. The summed E-state index contributed by atoms with van der Waals surface area (Å²) in [4.78, 5) is 10.6. The summed E-state index contributed by atoms with van der Waals surface area (Å²) in [5.41, 5.74) is 0.531. The molecule has 0 saturated heterocycles. The number of ether oxygens (including phenoxy) is 1. The van der Waals surface area contributed by atoms with E-state index in [0.717, 1.165) is 6.29 Å². The van der Waals surface area contributed by atoms with Crippen LogP contribution in [0.5, 0.6) is 5.75 Å². The van der Waals surface area contributed by atoms with E-state index in [1.165, 1.54) is 0 Å². The van der Waals surface area contributed by atoms with Gasteiger partial charge in [-0.15, -0.1) is 0 Å². The molecule has 1 aromatic carbocycles. The van der Waals surface area contributed by atoms with E-state index >= 15 is 0 Å². The Hall–Kier alpha value is -1.52. The zero-order chi connectivity index (χ0) is 14.6. The van der Waals surface area contributed by atoms with Crippen LogP contribution < -0.4 is 4.74 Å². The van der Waals surface area contributed by atoms with Crippen molar-refractivity contribution in [3.63, 3.8) is 0 Å². The van der Waals surface area contributed by atoms with Crippen molar-refractivity contribution >= 4 is 6.29 Å². The fourth-order valence-corrected chi connectivity index (χ4v) is 2.55. The predicted molar refractivity (Wildman–Crippen MR) is 68.8 cm³/mol. The molecule has 0 unspecified atom stereocenters. The lowest BCUT2D eigenvalue weighted by Gasteiger charge is -2.29. The maximum Gasteiger partial charge on any atom is 0.391 e. The van der Waals surface area contributed by atoms with Crippen LogP contribution in [-0.4, -0.2) is 19.1 Å². The molecule has 1 aromatic rings. The van der Waals surface area contributed by atoms with Crippen molar-refractivity contribution in [2.24, 2.45) is 11.8 Å². The van der Waals surface area contributed by atoms with E-state index in [2.05, 4.69) is 0 Å². The van der Waals surface area contributed by atoms with Gasteiger partial charge in [-0.25, -0.2) is 0 Å². The molecule has 0 atom stereocenters. The van der Waals surface area contributed by atoms with Gasteiger partial charge in [0.05, 0.1) is 12.5 Å². The maximum atomic E-state index is 12.5. The molecule has 0 aliphatic heterocycles. The van der Waals surface area contributed by atoms with Crippen molar-refractivity contribution in [1.29, 1.82) is 0 Å². The third kappa shape index (κ3) is 3.99. The van der Waals surface area contributed by atoms with Gasteiger partial charge in [0.2, 0.25) is 0 Å². The van der Waals surface area contributed by atoms with E-state index in [4.69, 9.17) is 4.74 Å². The standard InChI is InChI=1S/C15H17F3O2/c16-15(17,18)13-6-4-11(5-7-13)10-20-14-3-1-2-12(8-14)9-19/h1-3,8-9,11,13H,4-7,10H2. The molecule has 0 bridgehead atoms. The van der Waals surface area contributed by atoms with Gasteiger partial charge in [0.15, 0.2) is 0 Å². The Kier molecular flexibility index (Phi) is 4.68. The van der Waals surface area contributed by atoms with Crippen LogP contribution in [0.4, 0.5) is 13.2 Å². The summed E-state index contributed by atoms with van der Waals surface area (Å²) in [5, 5.41) is 0. The molecule has 0 amide bonds. The van der Waals surface area contributed by atoms with Gasteiger partial charge in [-0.05, 0) is 43.7 Å². The fraction of sp³-hybridized carbons (Fsp3) is 0.533. The Morgan fingerprint density at radius 3 is 2.50 bits per heavy atom. The number of benzene rings is 1. The maximum absolute atomic E-state index is 12.5. The molecule has 20 heavy (non-hydrogen) atoms. The minimum Gasteiger partial charge on any atom is -0.493 e. The number of rotatable bonds is 4. The van der Waals surface area contributed by atoms with Crippen LogP contribution in [0.1, 0.15) is 36.0 Å². The molecule has 0 N–H and O–H groups in total. The minimum atomic E-state index is -4.07. The summed E-state index contributed by atoms with van der Waals surface area (Å²) in [5.74, 6) is -0.404. The molecule has 1 aliphatic carbocycles. The highest BCUT2D eigenvalue weighted by Gasteiger charge is 2.41. The molecule has 0 aromatic heterocycles. The van der Waals surface area contributed by atoms with E-state index in [-0.39, 0.29) is 18.8 Å². The predicted octanol–water partition coefficient (Wildman–Crippen LogP) is 4.25. The van der Waals surface area contributed by atoms with Crippen molar-refractivity contribution in [1.82, 2.24) is 0 Å². The lowest BCUT2D eigenvalue weighted by Crippen LogP contribution is -2.29. The van der Waals surface area contributed by atoms with Crippen LogP contribution in [0.25, 0.3) is 0 Å². The SMILES string of the molecule is O=Cc1cccc(OCC2CCC(C(F)(F)F)CC2)c1. The Bertz CT molecular complexity index is 449. The second-order valence-corrected chi connectivity index (χ2v) is 5.26. The summed E-state index contributed by atoms with van der Waals surface area (Å²) >= 11 is 0. The highest BCUT2D eigenvalue weighted by Crippen LogP contribution is 2.39. The smallest absolute Gasteiger partial charge is 0.391 e. The molecule has 1 aliphatic rings. The topological polar surface area (TPSA) is 26.3 Å². The molecule has 2 nitrogen and oxygen atoms in total. The summed E-state index contributed by atoms with van der Waals surface area (Å²) < 4.78 is 43.2. The number of hydrogen-bond donors (Lipinski definition) is 0. The van der Waals surface area contributed by atoms with Crippen molar-refractivity contribution in [2.75, 3.05) is 6.61 Å². The zero-order valence-corrected chi connectivity index (χ0v) is 11.0. The van der Waals surface area contributed by atoms with Gasteiger partial charge >= 0.3 is 6.18 Å². The number of carbonyl (C=O) groups excluding carboxylic acids is 1. The summed E-state index contributed by atoms with van der Waals surface area (Å²) in [6, 6.07) is 6.77. The lowest BCUT2D eigenvalue weighted by atomic mass is 9.82.